The molecular weight excluding hydrogens is 291 g/mol. The number of benzene rings is 1. The summed E-state index contributed by atoms with van der Waals surface area (Å²) in [5.41, 5.74) is 5.85. The van der Waals surface area contributed by atoms with Crippen LogP contribution in [0.5, 0.6) is 5.75 Å². The minimum atomic E-state index is -0.783. The fraction of sp³-hybridized carbons (Fsp3) is 0.467. The van der Waals surface area contributed by atoms with Gasteiger partial charge in [0.25, 0.3) is 5.91 Å². The molecule has 1 aromatic rings. The number of amides is 1. The van der Waals surface area contributed by atoms with Crippen LogP contribution in [0.15, 0.2) is 18.2 Å². The van der Waals surface area contributed by atoms with Crippen LogP contribution in [0.4, 0.5) is 4.39 Å². The van der Waals surface area contributed by atoms with E-state index in [1.807, 2.05) is 13.8 Å². The molecule has 0 aromatic heterocycles. The quantitative estimate of drug-likeness (QED) is 0.759. The van der Waals surface area contributed by atoms with Crippen molar-refractivity contribution in [2.45, 2.75) is 45.8 Å². The number of halogens is 1. The Hall–Kier alpha value is -1.69. The Morgan fingerprint density at radius 1 is 1.48 bits per heavy atom. The van der Waals surface area contributed by atoms with Crippen molar-refractivity contribution in [3.8, 4) is 5.75 Å². The first-order valence-electron chi connectivity index (χ1n) is 6.91. The Kier molecular flexibility index (Phi) is 6.55. The van der Waals surface area contributed by atoms with Crippen LogP contribution >= 0.6 is 12.2 Å². The summed E-state index contributed by atoms with van der Waals surface area (Å²) in [6.45, 7) is 5.54. The van der Waals surface area contributed by atoms with Crippen molar-refractivity contribution >= 4 is 23.1 Å². The fourth-order valence-electron chi connectivity index (χ4n) is 1.86. The summed E-state index contributed by atoms with van der Waals surface area (Å²) >= 11 is 4.77. The minimum absolute atomic E-state index is 0.000736. The molecular formula is C15H21FN2O2S. The minimum Gasteiger partial charge on any atom is -0.478 e. The standard InChI is InChI=1S/C15H21FN2O2S/c1-4-5-9(2)18-15(19)10(3)20-13-7-6-11(14(17)21)8-12(13)16/h6-10H,4-5H2,1-3H3,(H2,17,21)(H,18,19). The van der Waals surface area contributed by atoms with Crippen LogP contribution < -0.4 is 15.8 Å². The monoisotopic (exact) mass is 312 g/mol. The molecule has 4 nitrogen and oxygen atoms in total. The van der Waals surface area contributed by atoms with Crippen LogP contribution in [-0.2, 0) is 4.79 Å². The van der Waals surface area contributed by atoms with Crippen LogP contribution in [-0.4, -0.2) is 23.0 Å². The highest BCUT2D eigenvalue weighted by atomic mass is 32.1. The van der Waals surface area contributed by atoms with Gasteiger partial charge in [0.1, 0.15) is 4.99 Å². The van der Waals surface area contributed by atoms with Gasteiger partial charge < -0.3 is 15.8 Å². The van der Waals surface area contributed by atoms with Crippen molar-refractivity contribution in [2.24, 2.45) is 5.73 Å². The van der Waals surface area contributed by atoms with Gasteiger partial charge in [0, 0.05) is 11.6 Å². The largest absolute Gasteiger partial charge is 0.478 e. The predicted octanol–water partition coefficient (Wildman–Crippen LogP) is 2.53. The van der Waals surface area contributed by atoms with Gasteiger partial charge in [-0.2, -0.15) is 0 Å². The molecule has 1 amide bonds. The fourth-order valence-corrected chi connectivity index (χ4v) is 1.99. The zero-order valence-electron chi connectivity index (χ0n) is 12.5. The van der Waals surface area contributed by atoms with E-state index in [0.717, 1.165) is 12.8 Å². The van der Waals surface area contributed by atoms with Crippen LogP contribution in [0, 0.1) is 5.82 Å². The average Bonchev–Trinajstić information content (AvgIpc) is 2.40. The molecule has 0 aliphatic carbocycles. The van der Waals surface area contributed by atoms with Gasteiger partial charge in [-0.1, -0.05) is 25.6 Å². The summed E-state index contributed by atoms with van der Waals surface area (Å²) in [7, 11) is 0. The second kappa shape index (κ2) is 7.93. The molecule has 3 N–H and O–H groups in total. The predicted molar refractivity (Wildman–Crippen MR) is 84.9 cm³/mol. The number of rotatable bonds is 7. The number of nitrogens with one attached hydrogen (secondary N) is 1. The summed E-state index contributed by atoms with van der Waals surface area (Å²) in [6.07, 6.45) is 1.08. The van der Waals surface area contributed by atoms with Crippen LogP contribution in [0.25, 0.3) is 0 Å². The van der Waals surface area contributed by atoms with Crippen molar-refractivity contribution in [3.05, 3.63) is 29.6 Å². The Balaban J connectivity index is 2.68. The smallest absolute Gasteiger partial charge is 0.260 e. The number of hydrogen-bond donors (Lipinski definition) is 2. The third kappa shape index (κ3) is 5.30. The van der Waals surface area contributed by atoms with Crippen molar-refractivity contribution in [2.75, 3.05) is 0 Å². The molecule has 1 rings (SSSR count). The number of hydrogen-bond acceptors (Lipinski definition) is 3. The molecule has 0 saturated heterocycles. The number of carbonyl (C=O) groups is 1. The highest BCUT2D eigenvalue weighted by Gasteiger charge is 2.18. The van der Waals surface area contributed by atoms with Gasteiger partial charge in [0.15, 0.2) is 17.7 Å². The van der Waals surface area contributed by atoms with E-state index < -0.39 is 11.9 Å². The molecule has 0 aliphatic rings. The lowest BCUT2D eigenvalue weighted by Crippen LogP contribution is -2.41. The number of ether oxygens (including phenoxy) is 1. The van der Waals surface area contributed by atoms with Crippen molar-refractivity contribution in [1.82, 2.24) is 5.32 Å². The van der Waals surface area contributed by atoms with E-state index in [2.05, 4.69) is 5.32 Å². The van der Waals surface area contributed by atoms with E-state index in [9.17, 15) is 9.18 Å². The molecule has 116 valence electrons. The molecule has 0 aliphatic heterocycles. The normalized spacial score (nSPS) is 13.3. The first-order valence-corrected chi connectivity index (χ1v) is 7.32. The van der Waals surface area contributed by atoms with E-state index in [1.54, 1.807) is 13.0 Å². The SMILES string of the molecule is CCCC(C)NC(=O)C(C)Oc1ccc(C(N)=S)cc1F. The molecule has 2 atom stereocenters. The van der Waals surface area contributed by atoms with Gasteiger partial charge in [-0.3, -0.25) is 4.79 Å². The van der Waals surface area contributed by atoms with Crippen molar-refractivity contribution in [1.29, 1.82) is 0 Å². The van der Waals surface area contributed by atoms with Gasteiger partial charge in [0.2, 0.25) is 0 Å². The number of carbonyl (C=O) groups excluding carboxylic acids is 1. The van der Waals surface area contributed by atoms with Crippen LogP contribution in [0.2, 0.25) is 0 Å². The third-order valence-corrected chi connectivity index (χ3v) is 3.24. The Morgan fingerprint density at radius 2 is 2.14 bits per heavy atom. The maximum Gasteiger partial charge on any atom is 0.260 e. The molecule has 21 heavy (non-hydrogen) atoms. The van der Waals surface area contributed by atoms with Gasteiger partial charge in [-0.15, -0.1) is 0 Å². The lowest BCUT2D eigenvalue weighted by atomic mass is 10.2. The number of thiocarbonyl (C=S) groups is 1. The molecule has 0 spiro atoms. The summed E-state index contributed by atoms with van der Waals surface area (Å²) in [4.78, 5) is 12.0. The van der Waals surface area contributed by atoms with Gasteiger partial charge >= 0.3 is 0 Å². The Morgan fingerprint density at radius 3 is 2.67 bits per heavy atom. The molecule has 0 fully saturated rings. The molecule has 1 aromatic carbocycles. The summed E-state index contributed by atoms with van der Waals surface area (Å²) in [5, 5.41) is 2.82. The van der Waals surface area contributed by atoms with E-state index in [4.69, 9.17) is 22.7 Å². The summed E-state index contributed by atoms with van der Waals surface area (Å²) in [5.74, 6) is -0.865. The zero-order valence-corrected chi connectivity index (χ0v) is 13.3. The van der Waals surface area contributed by atoms with Gasteiger partial charge in [-0.25, -0.2) is 4.39 Å². The third-order valence-electron chi connectivity index (χ3n) is 3.00. The lowest BCUT2D eigenvalue weighted by molar-refractivity contribution is -0.128. The summed E-state index contributed by atoms with van der Waals surface area (Å²) < 4.78 is 19.2. The van der Waals surface area contributed by atoms with E-state index in [0.29, 0.717) is 5.56 Å². The first kappa shape index (κ1) is 17.4. The Bertz CT molecular complexity index is 522. The first-order chi connectivity index (χ1) is 9.85. The topological polar surface area (TPSA) is 64.3 Å². The molecule has 0 radical (unpaired) electrons. The van der Waals surface area contributed by atoms with Gasteiger partial charge in [0.05, 0.1) is 0 Å². The lowest BCUT2D eigenvalue weighted by Gasteiger charge is -2.18. The second-order valence-corrected chi connectivity index (χ2v) is 5.41. The van der Waals surface area contributed by atoms with Crippen LogP contribution in [0.3, 0.4) is 0 Å². The maximum atomic E-state index is 13.8. The van der Waals surface area contributed by atoms with E-state index in [-0.39, 0.29) is 22.7 Å². The Labute approximate surface area is 129 Å². The van der Waals surface area contributed by atoms with Crippen LogP contribution in [0.1, 0.15) is 39.2 Å². The van der Waals surface area contributed by atoms with Gasteiger partial charge in [-0.05, 0) is 38.5 Å². The molecule has 2 unspecified atom stereocenters. The zero-order chi connectivity index (χ0) is 16.0. The summed E-state index contributed by atoms with van der Waals surface area (Å²) in [6, 6.07) is 4.24. The second-order valence-electron chi connectivity index (χ2n) is 4.97. The number of nitrogens with two attached hydrogens (primary N) is 1. The highest BCUT2D eigenvalue weighted by Crippen LogP contribution is 2.19. The van der Waals surface area contributed by atoms with Crippen molar-refractivity contribution in [3.63, 3.8) is 0 Å². The average molecular weight is 312 g/mol. The molecule has 0 heterocycles. The molecule has 6 heteroatoms. The van der Waals surface area contributed by atoms with E-state index in [1.165, 1.54) is 12.1 Å². The van der Waals surface area contributed by atoms with E-state index >= 15 is 0 Å². The van der Waals surface area contributed by atoms with Crippen molar-refractivity contribution < 1.29 is 13.9 Å². The highest BCUT2D eigenvalue weighted by molar-refractivity contribution is 7.80. The molecule has 0 saturated carbocycles. The molecule has 0 bridgehead atoms. The maximum absolute atomic E-state index is 13.8.